The van der Waals surface area contributed by atoms with Crippen LogP contribution in [0.4, 0.5) is 0 Å². The van der Waals surface area contributed by atoms with Crippen molar-refractivity contribution in [2.45, 2.75) is 19.9 Å². The summed E-state index contributed by atoms with van der Waals surface area (Å²) in [5.41, 5.74) is 1.17. The van der Waals surface area contributed by atoms with Gasteiger partial charge in [0, 0.05) is 24.4 Å². The van der Waals surface area contributed by atoms with Crippen LogP contribution in [0.1, 0.15) is 27.7 Å². The van der Waals surface area contributed by atoms with Crippen LogP contribution in [0, 0.1) is 5.92 Å². The van der Waals surface area contributed by atoms with Crippen LogP contribution in [0.25, 0.3) is 0 Å². The lowest BCUT2D eigenvalue weighted by Crippen LogP contribution is -2.32. The van der Waals surface area contributed by atoms with Crippen LogP contribution >= 0.6 is 11.3 Å². The topological polar surface area (TPSA) is 57.6 Å². The molecule has 2 aromatic rings. The Kier molecular flexibility index (Phi) is 5.33. The normalized spacial score (nSPS) is 11.9. The predicted octanol–water partition coefficient (Wildman–Crippen LogP) is 3.28. The van der Waals surface area contributed by atoms with Crippen molar-refractivity contribution in [3.63, 3.8) is 0 Å². The number of nitrogens with zero attached hydrogens (tertiary/aromatic N) is 1. The maximum absolute atomic E-state index is 12.4. The van der Waals surface area contributed by atoms with Gasteiger partial charge < -0.3 is 10.0 Å². The van der Waals surface area contributed by atoms with Crippen LogP contribution in [-0.2, 0) is 17.8 Å². The summed E-state index contributed by atoms with van der Waals surface area (Å²) in [5.74, 6) is -0.918. The van der Waals surface area contributed by atoms with E-state index in [9.17, 15) is 9.59 Å². The largest absolute Gasteiger partial charge is 0.478 e. The first kappa shape index (κ1) is 16.2. The minimum atomic E-state index is -0.944. The molecule has 0 bridgehead atoms. The molecule has 1 atom stereocenters. The van der Waals surface area contributed by atoms with Gasteiger partial charge in [0.05, 0.1) is 5.56 Å². The molecule has 0 radical (unpaired) electrons. The van der Waals surface area contributed by atoms with Gasteiger partial charge in [0.2, 0.25) is 5.91 Å². The molecule has 1 heterocycles. The Morgan fingerprint density at radius 1 is 1.23 bits per heavy atom. The first-order valence-electron chi connectivity index (χ1n) is 7.07. The third-order valence-electron chi connectivity index (χ3n) is 3.51. The van der Waals surface area contributed by atoms with Crippen molar-refractivity contribution >= 4 is 23.2 Å². The molecule has 2 rings (SSSR count). The third kappa shape index (κ3) is 4.18. The summed E-state index contributed by atoms with van der Waals surface area (Å²) in [6, 6.07) is 10.6. The standard InChI is InChI=1S/C17H19NO3S/c1-12(10-15-4-3-9-22-15)16(19)18(2)11-13-5-7-14(8-6-13)17(20)21/h3-9,12H,10-11H2,1-2H3,(H,20,21)/t12-/m0/s1. The summed E-state index contributed by atoms with van der Waals surface area (Å²) >= 11 is 1.66. The van der Waals surface area contributed by atoms with Gasteiger partial charge in [-0.15, -0.1) is 11.3 Å². The fourth-order valence-electron chi connectivity index (χ4n) is 2.30. The molecule has 1 aromatic heterocycles. The number of carboxylic acids is 1. The van der Waals surface area contributed by atoms with E-state index in [0.717, 1.165) is 12.0 Å². The van der Waals surface area contributed by atoms with Crippen molar-refractivity contribution in [1.82, 2.24) is 4.90 Å². The number of carbonyl (C=O) groups is 2. The fraction of sp³-hybridized carbons (Fsp3) is 0.294. The number of carboxylic acid groups (broad SMARTS) is 1. The molecule has 1 N–H and O–H groups in total. The molecule has 1 aromatic carbocycles. The van der Waals surface area contributed by atoms with Gasteiger partial charge in [-0.2, -0.15) is 0 Å². The molecule has 22 heavy (non-hydrogen) atoms. The third-order valence-corrected chi connectivity index (χ3v) is 4.40. The molecule has 1 amide bonds. The molecular formula is C17H19NO3S. The number of thiophene rings is 1. The lowest BCUT2D eigenvalue weighted by molar-refractivity contribution is -0.134. The first-order valence-corrected chi connectivity index (χ1v) is 7.95. The molecule has 0 aliphatic rings. The quantitative estimate of drug-likeness (QED) is 0.889. The second-order valence-corrected chi connectivity index (χ2v) is 6.41. The highest BCUT2D eigenvalue weighted by atomic mass is 32.1. The second kappa shape index (κ2) is 7.22. The van der Waals surface area contributed by atoms with Gasteiger partial charge >= 0.3 is 5.97 Å². The van der Waals surface area contributed by atoms with Crippen LogP contribution in [0.5, 0.6) is 0 Å². The molecule has 4 nitrogen and oxygen atoms in total. The number of hydrogen-bond donors (Lipinski definition) is 1. The minimum Gasteiger partial charge on any atom is -0.478 e. The number of hydrogen-bond acceptors (Lipinski definition) is 3. The van der Waals surface area contributed by atoms with Crippen molar-refractivity contribution in [3.8, 4) is 0 Å². The molecule has 0 saturated carbocycles. The molecule has 0 aliphatic carbocycles. The van der Waals surface area contributed by atoms with Crippen LogP contribution < -0.4 is 0 Å². The second-order valence-electron chi connectivity index (χ2n) is 5.38. The van der Waals surface area contributed by atoms with Crippen LogP contribution in [0.3, 0.4) is 0 Å². The predicted molar refractivity (Wildman–Crippen MR) is 87.1 cm³/mol. The molecule has 0 saturated heterocycles. The number of amides is 1. The average Bonchev–Trinajstić information content (AvgIpc) is 2.99. The van der Waals surface area contributed by atoms with Gasteiger partial charge in [0.1, 0.15) is 0 Å². The van der Waals surface area contributed by atoms with E-state index in [2.05, 4.69) is 0 Å². The molecule has 0 aliphatic heterocycles. The SMILES string of the molecule is C[C@@H](Cc1cccs1)C(=O)N(C)Cc1ccc(C(=O)O)cc1. The van der Waals surface area contributed by atoms with Gasteiger partial charge in [-0.05, 0) is 35.6 Å². The zero-order valence-electron chi connectivity index (χ0n) is 12.7. The summed E-state index contributed by atoms with van der Waals surface area (Å²) in [7, 11) is 1.78. The van der Waals surface area contributed by atoms with Crippen molar-refractivity contribution in [2.24, 2.45) is 5.92 Å². The zero-order valence-corrected chi connectivity index (χ0v) is 13.5. The van der Waals surface area contributed by atoms with Gasteiger partial charge in [-0.25, -0.2) is 4.79 Å². The lowest BCUT2D eigenvalue weighted by atomic mass is 10.0. The van der Waals surface area contributed by atoms with E-state index in [1.54, 1.807) is 47.5 Å². The maximum Gasteiger partial charge on any atom is 0.335 e. The Bertz CT molecular complexity index is 634. The Morgan fingerprint density at radius 2 is 1.91 bits per heavy atom. The van der Waals surface area contributed by atoms with Crippen molar-refractivity contribution in [3.05, 3.63) is 57.8 Å². The van der Waals surface area contributed by atoms with Crippen molar-refractivity contribution in [2.75, 3.05) is 7.05 Å². The van der Waals surface area contributed by atoms with Gasteiger partial charge in [0.15, 0.2) is 0 Å². The minimum absolute atomic E-state index is 0.0676. The highest BCUT2D eigenvalue weighted by molar-refractivity contribution is 7.09. The summed E-state index contributed by atoms with van der Waals surface area (Å²) in [5, 5.41) is 10.9. The Balaban J connectivity index is 1.94. The molecule has 0 spiro atoms. The van der Waals surface area contributed by atoms with Crippen molar-refractivity contribution < 1.29 is 14.7 Å². The Labute approximate surface area is 134 Å². The summed E-state index contributed by atoms with van der Waals surface area (Å²) in [4.78, 5) is 26.1. The smallest absolute Gasteiger partial charge is 0.335 e. The Hall–Kier alpha value is -2.14. The number of aromatic carboxylic acids is 1. The monoisotopic (exact) mass is 317 g/mol. The lowest BCUT2D eigenvalue weighted by Gasteiger charge is -2.21. The van der Waals surface area contributed by atoms with E-state index in [1.807, 2.05) is 24.4 Å². The highest BCUT2D eigenvalue weighted by Gasteiger charge is 2.18. The number of rotatable bonds is 6. The van der Waals surface area contributed by atoms with Gasteiger partial charge in [-0.1, -0.05) is 25.1 Å². The fourth-order valence-corrected chi connectivity index (χ4v) is 3.13. The molecule has 0 fully saturated rings. The number of carbonyl (C=O) groups excluding carboxylic acids is 1. The first-order chi connectivity index (χ1) is 10.5. The summed E-state index contributed by atoms with van der Waals surface area (Å²) in [6.07, 6.45) is 0.749. The highest BCUT2D eigenvalue weighted by Crippen LogP contribution is 2.17. The summed E-state index contributed by atoms with van der Waals surface area (Å²) < 4.78 is 0. The van der Waals surface area contributed by atoms with E-state index in [4.69, 9.17) is 5.11 Å². The molecule has 5 heteroatoms. The van der Waals surface area contributed by atoms with Crippen LogP contribution in [0.15, 0.2) is 41.8 Å². The Morgan fingerprint density at radius 3 is 2.45 bits per heavy atom. The average molecular weight is 317 g/mol. The van der Waals surface area contributed by atoms with Gasteiger partial charge in [-0.3, -0.25) is 4.79 Å². The zero-order chi connectivity index (χ0) is 16.1. The maximum atomic E-state index is 12.4. The van der Waals surface area contributed by atoms with Gasteiger partial charge in [0.25, 0.3) is 0 Å². The van der Waals surface area contributed by atoms with Crippen LogP contribution in [0.2, 0.25) is 0 Å². The molecular weight excluding hydrogens is 298 g/mol. The molecule has 116 valence electrons. The van der Waals surface area contributed by atoms with E-state index in [0.29, 0.717) is 6.54 Å². The van der Waals surface area contributed by atoms with Crippen LogP contribution in [-0.4, -0.2) is 28.9 Å². The van der Waals surface area contributed by atoms with E-state index in [1.165, 1.54) is 4.88 Å². The van der Waals surface area contributed by atoms with Crippen molar-refractivity contribution in [1.29, 1.82) is 0 Å². The van der Waals surface area contributed by atoms with E-state index < -0.39 is 5.97 Å². The van der Waals surface area contributed by atoms with E-state index in [-0.39, 0.29) is 17.4 Å². The summed E-state index contributed by atoms with van der Waals surface area (Å²) in [6.45, 7) is 2.42. The number of benzene rings is 1. The molecule has 0 unspecified atom stereocenters. The van der Waals surface area contributed by atoms with E-state index >= 15 is 0 Å².